The highest BCUT2D eigenvalue weighted by molar-refractivity contribution is 6.32. The van der Waals surface area contributed by atoms with Crippen LogP contribution in [0.25, 0.3) is 0 Å². The zero-order valence-electron chi connectivity index (χ0n) is 14.2. The Balaban J connectivity index is 1.84. The Morgan fingerprint density at radius 3 is 2.38 bits per heavy atom. The second kappa shape index (κ2) is 8.65. The van der Waals surface area contributed by atoms with Crippen molar-refractivity contribution in [2.24, 2.45) is 0 Å². The molecule has 0 aliphatic heterocycles. The van der Waals surface area contributed by atoms with Gasteiger partial charge >= 0.3 is 0 Å². The van der Waals surface area contributed by atoms with Gasteiger partial charge in [0, 0.05) is 6.61 Å². The average Bonchev–Trinajstić information content (AvgIpc) is 2.68. The van der Waals surface area contributed by atoms with Crippen molar-refractivity contribution in [2.45, 2.75) is 19.0 Å². The molecule has 0 radical (unpaired) electrons. The Labute approximate surface area is 156 Å². The minimum absolute atomic E-state index is 0.0165. The van der Waals surface area contributed by atoms with Crippen LogP contribution in [0.4, 0.5) is 5.69 Å². The van der Waals surface area contributed by atoms with Gasteiger partial charge in [-0.2, -0.15) is 5.10 Å². The third-order valence-electron chi connectivity index (χ3n) is 4.11. The van der Waals surface area contributed by atoms with Crippen molar-refractivity contribution in [2.75, 3.05) is 11.9 Å². The molecule has 134 valence electrons. The fourth-order valence-electron chi connectivity index (χ4n) is 2.76. The standard InChI is InChI=1S/C20H20ClN3O2/c21-19-18(23-17(11-12-25)16-9-5-2-6-10-16)13-22-24(20(19)26)14-15-7-3-1-4-8-15/h1-10,13,17,23,25H,11-12,14H2/t17-/m1/s1. The van der Waals surface area contributed by atoms with Gasteiger partial charge in [0.05, 0.1) is 24.5 Å². The number of halogens is 1. The van der Waals surface area contributed by atoms with E-state index in [1.807, 2.05) is 60.7 Å². The number of hydrogen-bond donors (Lipinski definition) is 2. The summed E-state index contributed by atoms with van der Waals surface area (Å²) in [6, 6.07) is 19.2. The third kappa shape index (κ3) is 4.31. The lowest BCUT2D eigenvalue weighted by molar-refractivity contribution is 0.280. The van der Waals surface area contributed by atoms with Gasteiger partial charge in [0.2, 0.25) is 0 Å². The van der Waals surface area contributed by atoms with E-state index in [9.17, 15) is 9.90 Å². The molecule has 0 bridgehead atoms. The van der Waals surface area contributed by atoms with Crippen LogP contribution < -0.4 is 10.9 Å². The van der Waals surface area contributed by atoms with Crippen molar-refractivity contribution in [1.29, 1.82) is 0 Å². The average molecular weight is 370 g/mol. The number of aliphatic hydroxyl groups is 1. The smallest absolute Gasteiger partial charge is 0.287 e. The van der Waals surface area contributed by atoms with Crippen LogP contribution in [0.1, 0.15) is 23.6 Å². The molecule has 3 aromatic rings. The predicted octanol–water partition coefficient (Wildman–Crippen LogP) is 3.48. The number of nitrogens with zero attached hydrogens (tertiary/aromatic N) is 2. The largest absolute Gasteiger partial charge is 0.396 e. The van der Waals surface area contributed by atoms with E-state index in [0.717, 1.165) is 11.1 Å². The molecule has 0 spiro atoms. The van der Waals surface area contributed by atoms with Crippen molar-refractivity contribution in [3.05, 3.63) is 93.4 Å². The van der Waals surface area contributed by atoms with Crippen LogP contribution in [-0.4, -0.2) is 21.5 Å². The van der Waals surface area contributed by atoms with Gasteiger partial charge in [0.1, 0.15) is 5.02 Å². The molecule has 1 heterocycles. The first-order chi connectivity index (χ1) is 12.7. The molecule has 0 unspecified atom stereocenters. The molecule has 0 amide bonds. The van der Waals surface area contributed by atoms with Gasteiger partial charge in [-0.15, -0.1) is 0 Å². The summed E-state index contributed by atoms with van der Waals surface area (Å²) in [5, 5.41) is 16.9. The van der Waals surface area contributed by atoms with Gasteiger partial charge in [0.15, 0.2) is 0 Å². The first-order valence-electron chi connectivity index (χ1n) is 8.41. The van der Waals surface area contributed by atoms with E-state index >= 15 is 0 Å². The Hall–Kier alpha value is -2.63. The van der Waals surface area contributed by atoms with Crippen LogP contribution in [-0.2, 0) is 6.54 Å². The van der Waals surface area contributed by atoms with Crippen LogP contribution in [0.15, 0.2) is 71.7 Å². The Bertz CT molecular complexity index is 898. The van der Waals surface area contributed by atoms with Crippen LogP contribution in [0.2, 0.25) is 5.02 Å². The summed E-state index contributed by atoms with van der Waals surface area (Å²) in [6.07, 6.45) is 2.05. The van der Waals surface area contributed by atoms with Gasteiger partial charge < -0.3 is 10.4 Å². The summed E-state index contributed by atoms with van der Waals surface area (Å²) in [5.74, 6) is 0. The minimum atomic E-state index is -0.351. The highest BCUT2D eigenvalue weighted by atomic mass is 35.5. The number of hydrogen-bond acceptors (Lipinski definition) is 4. The van der Waals surface area contributed by atoms with Crippen molar-refractivity contribution in [3.63, 3.8) is 0 Å². The summed E-state index contributed by atoms with van der Waals surface area (Å²) in [4.78, 5) is 12.5. The van der Waals surface area contributed by atoms with Crippen LogP contribution in [0.5, 0.6) is 0 Å². The molecule has 0 aliphatic carbocycles. The molecule has 2 N–H and O–H groups in total. The van der Waals surface area contributed by atoms with Crippen molar-refractivity contribution >= 4 is 17.3 Å². The van der Waals surface area contributed by atoms with Crippen molar-refractivity contribution in [3.8, 4) is 0 Å². The number of rotatable bonds is 7. The maximum absolute atomic E-state index is 12.5. The molecule has 1 aromatic heterocycles. The predicted molar refractivity (Wildman–Crippen MR) is 104 cm³/mol. The fourth-order valence-corrected chi connectivity index (χ4v) is 2.96. The zero-order chi connectivity index (χ0) is 18.4. The summed E-state index contributed by atoms with van der Waals surface area (Å²) >= 11 is 6.30. The molecule has 2 aromatic carbocycles. The maximum Gasteiger partial charge on any atom is 0.287 e. The molecule has 26 heavy (non-hydrogen) atoms. The van der Waals surface area contributed by atoms with Crippen LogP contribution >= 0.6 is 11.6 Å². The Morgan fingerprint density at radius 2 is 1.73 bits per heavy atom. The van der Waals surface area contributed by atoms with Crippen LogP contribution in [0.3, 0.4) is 0 Å². The van der Waals surface area contributed by atoms with Gasteiger partial charge in [-0.25, -0.2) is 4.68 Å². The highest BCUT2D eigenvalue weighted by Gasteiger charge is 2.15. The monoisotopic (exact) mass is 369 g/mol. The Morgan fingerprint density at radius 1 is 1.08 bits per heavy atom. The summed E-state index contributed by atoms with van der Waals surface area (Å²) < 4.78 is 1.34. The first kappa shape index (κ1) is 18.2. The highest BCUT2D eigenvalue weighted by Crippen LogP contribution is 2.25. The Kier molecular flexibility index (Phi) is 6.04. The van der Waals surface area contributed by atoms with Crippen LogP contribution in [0, 0.1) is 0 Å². The number of anilines is 1. The van der Waals surface area contributed by atoms with Crippen molar-refractivity contribution < 1.29 is 5.11 Å². The molecule has 3 rings (SSSR count). The van der Waals surface area contributed by atoms with E-state index in [-0.39, 0.29) is 23.2 Å². The van der Waals surface area contributed by atoms with E-state index < -0.39 is 0 Å². The van der Waals surface area contributed by atoms with Gasteiger partial charge in [0.25, 0.3) is 5.56 Å². The molecule has 0 saturated heterocycles. The van der Waals surface area contributed by atoms with E-state index in [1.54, 1.807) is 6.20 Å². The van der Waals surface area contributed by atoms with Gasteiger partial charge in [-0.3, -0.25) is 4.79 Å². The number of aliphatic hydroxyl groups excluding tert-OH is 1. The van der Waals surface area contributed by atoms with E-state index in [1.165, 1.54) is 4.68 Å². The SMILES string of the molecule is O=c1c(Cl)c(N[C@H](CCO)c2ccccc2)cnn1Cc1ccccc1. The van der Waals surface area contributed by atoms with Gasteiger partial charge in [-0.05, 0) is 17.5 Å². The molecule has 6 heteroatoms. The minimum Gasteiger partial charge on any atom is -0.396 e. The maximum atomic E-state index is 12.5. The quantitative estimate of drug-likeness (QED) is 0.669. The van der Waals surface area contributed by atoms with E-state index in [2.05, 4.69) is 10.4 Å². The second-order valence-corrected chi connectivity index (χ2v) is 6.32. The first-order valence-corrected chi connectivity index (χ1v) is 8.78. The third-order valence-corrected chi connectivity index (χ3v) is 4.47. The zero-order valence-corrected chi connectivity index (χ0v) is 14.9. The molecule has 0 fully saturated rings. The lowest BCUT2D eigenvalue weighted by atomic mass is 10.0. The normalized spacial score (nSPS) is 11.9. The lowest BCUT2D eigenvalue weighted by Crippen LogP contribution is -2.25. The summed E-state index contributed by atoms with van der Waals surface area (Å²) in [7, 11) is 0. The number of aromatic nitrogens is 2. The number of benzene rings is 2. The lowest BCUT2D eigenvalue weighted by Gasteiger charge is -2.20. The molecule has 5 nitrogen and oxygen atoms in total. The molecular weight excluding hydrogens is 350 g/mol. The summed E-state index contributed by atoms with van der Waals surface area (Å²) in [5.41, 5.74) is 2.09. The fraction of sp³-hybridized carbons (Fsp3) is 0.200. The topological polar surface area (TPSA) is 67.2 Å². The summed E-state index contributed by atoms with van der Waals surface area (Å²) in [6.45, 7) is 0.376. The van der Waals surface area contributed by atoms with Crippen molar-refractivity contribution in [1.82, 2.24) is 9.78 Å². The van der Waals surface area contributed by atoms with E-state index in [4.69, 9.17) is 11.6 Å². The molecule has 1 atom stereocenters. The van der Waals surface area contributed by atoms with Gasteiger partial charge in [-0.1, -0.05) is 72.3 Å². The second-order valence-electron chi connectivity index (χ2n) is 5.94. The number of nitrogens with one attached hydrogen (secondary N) is 1. The molecule has 0 aliphatic rings. The van der Waals surface area contributed by atoms with E-state index in [0.29, 0.717) is 18.7 Å². The molecule has 0 saturated carbocycles. The molecular formula is C20H20ClN3O2.